The smallest absolute Gasteiger partial charge is 1.00 e. The zero-order valence-electron chi connectivity index (χ0n) is 26.8. The molecule has 0 spiro atoms. The standard InChI is InChI=1S/C40H31.C2H7Si.2ClH.Zr/c1-25(2)21-29-24-38-35(39(29)34-18-9-17-33-30-14-6-3-13-28(30)23-37(33)34)19-10-20-36(38)40-31-15-7-4-11-26(31)22-27-12-5-8-16-32(27)40;1-3-2;;;/h3-20,22-25,39H,21H2,1-2H3;3H,1-2H3;2*1H;/q;;;;+2/p-2. The van der Waals surface area contributed by atoms with Crippen molar-refractivity contribution in [3.63, 3.8) is 0 Å². The molecule has 0 heterocycles. The molecular formula is C42H38Cl2SiZr. The van der Waals surface area contributed by atoms with Gasteiger partial charge in [-0.05, 0) is 0 Å². The first-order valence-electron chi connectivity index (χ1n) is 16.2. The zero-order valence-corrected chi connectivity index (χ0v) is 31.9. The Morgan fingerprint density at radius 2 is 1.20 bits per heavy atom. The van der Waals surface area contributed by atoms with Gasteiger partial charge < -0.3 is 24.8 Å². The molecule has 46 heavy (non-hydrogen) atoms. The van der Waals surface area contributed by atoms with Gasteiger partial charge in [-0.15, -0.1) is 0 Å². The van der Waals surface area contributed by atoms with Crippen molar-refractivity contribution in [3.05, 3.63) is 149 Å². The second-order valence-corrected chi connectivity index (χ2v) is 28.4. The van der Waals surface area contributed by atoms with Gasteiger partial charge in [0.25, 0.3) is 0 Å². The first kappa shape index (κ1) is 33.2. The number of halogens is 2. The largest absolute Gasteiger partial charge is 1.00 e. The van der Waals surface area contributed by atoms with E-state index in [-0.39, 0.29) is 24.8 Å². The van der Waals surface area contributed by atoms with Crippen LogP contribution in [0.4, 0.5) is 0 Å². The molecule has 0 radical (unpaired) electrons. The average Bonchev–Trinajstić information content (AvgIpc) is 3.54. The van der Waals surface area contributed by atoms with Crippen LogP contribution in [0, 0.1) is 5.92 Å². The second kappa shape index (κ2) is 13.4. The molecular weight excluding hydrogens is 695 g/mol. The normalized spacial score (nSPS) is 16.0. The van der Waals surface area contributed by atoms with E-state index >= 15 is 0 Å². The Kier molecular flexibility index (Phi) is 9.67. The van der Waals surface area contributed by atoms with Gasteiger partial charge in [-0.1, -0.05) is 0 Å². The van der Waals surface area contributed by atoms with Gasteiger partial charge in [-0.2, -0.15) is 0 Å². The van der Waals surface area contributed by atoms with E-state index in [9.17, 15) is 0 Å². The van der Waals surface area contributed by atoms with Crippen LogP contribution >= 0.6 is 0 Å². The van der Waals surface area contributed by atoms with Gasteiger partial charge in [0.15, 0.2) is 0 Å². The predicted molar refractivity (Wildman–Crippen MR) is 189 cm³/mol. The number of benzene rings is 6. The summed E-state index contributed by atoms with van der Waals surface area (Å²) in [7, 11) is 0. The van der Waals surface area contributed by atoms with Gasteiger partial charge in [-0.3, -0.25) is 0 Å². The third-order valence-corrected chi connectivity index (χ3v) is 19.5. The van der Waals surface area contributed by atoms with Crippen molar-refractivity contribution in [2.45, 2.75) is 42.9 Å². The fourth-order valence-corrected chi connectivity index (χ4v) is 17.9. The van der Waals surface area contributed by atoms with E-state index < -0.39 is 28.3 Å². The van der Waals surface area contributed by atoms with Crippen LogP contribution in [-0.2, 0) is 22.4 Å². The van der Waals surface area contributed by atoms with E-state index in [2.05, 4.69) is 148 Å². The minimum Gasteiger partial charge on any atom is -1.00 e. The van der Waals surface area contributed by atoms with Gasteiger partial charge in [0.1, 0.15) is 0 Å². The van der Waals surface area contributed by atoms with Crippen LogP contribution in [0.5, 0.6) is 0 Å². The summed E-state index contributed by atoms with van der Waals surface area (Å²) in [6, 6.07) is 44.0. The first-order chi connectivity index (χ1) is 21.5. The van der Waals surface area contributed by atoms with E-state index in [0.29, 0.717) is 15.5 Å². The van der Waals surface area contributed by atoms with Gasteiger partial charge in [-0.25, -0.2) is 0 Å². The molecule has 8 rings (SSSR count). The van der Waals surface area contributed by atoms with Crippen molar-refractivity contribution in [1.29, 1.82) is 0 Å². The molecule has 0 bridgehead atoms. The molecule has 2 atom stereocenters. The summed E-state index contributed by atoms with van der Waals surface area (Å²) < 4.78 is 0.669. The van der Waals surface area contributed by atoms with E-state index in [1.54, 1.807) is 22.3 Å². The van der Waals surface area contributed by atoms with Crippen LogP contribution in [0.25, 0.3) is 49.9 Å². The molecule has 0 saturated carbocycles. The van der Waals surface area contributed by atoms with E-state index in [1.165, 1.54) is 54.9 Å². The third kappa shape index (κ3) is 5.50. The minimum absolute atomic E-state index is 0. The maximum atomic E-state index is 2.60. The Balaban J connectivity index is 0.00000186. The number of hydrogen-bond acceptors (Lipinski definition) is 0. The molecule has 0 aromatic heterocycles. The van der Waals surface area contributed by atoms with Crippen LogP contribution in [0.15, 0.2) is 121 Å². The van der Waals surface area contributed by atoms with Crippen molar-refractivity contribution >= 4 is 33.5 Å². The van der Waals surface area contributed by atoms with Crippen LogP contribution < -0.4 is 24.8 Å². The molecule has 6 aromatic rings. The molecule has 0 N–H and O–H groups in total. The molecule has 0 fully saturated rings. The molecule has 6 aromatic carbocycles. The summed E-state index contributed by atoms with van der Waals surface area (Å²) in [6.07, 6.45) is 3.72. The fraction of sp³-hybridized carbons (Fsp3) is 0.190. The van der Waals surface area contributed by atoms with Crippen LogP contribution in [0.3, 0.4) is 0 Å². The molecule has 0 amide bonds. The maximum Gasteiger partial charge on any atom is -1.00 e. The molecule has 4 heteroatoms. The van der Waals surface area contributed by atoms with Crippen molar-refractivity contribution in [2.24, 2.45) is 5.92 Å². The minimum atomic E-state index is -0.644. The Labute approximate surface area is 298 Å². The summed E-state index contributed by atoms with van der Waals surface area (Å²) in [4.78, 5) is 0. The monoisotopic (exact) mass is 730 g/mol. The van der Waals surface area contributed by atoms with Crippen molar-refractivity contribution in [2.75, 3.05) is 0 Å². The molecule has 228 valence electrons. The van der Waals surface area contributed by atoms with E-state index in [0.717, 1.165) is 6.42 Å². The van der Waals surface area contributed by atoms with Gasteiger partial charge in [0.2, 0.25) is 0 Å². The zero-order chi connectivity index (χ0) is 29.9. The number of rotatable bonds is 6. The van der Waals surface area contributed by atoms with Crippen LogP contribution in [-0.4, -0.2) is 5.92 Å². The average molecular weight is 733 g/mol. The van der Waals surface area contributed by atoms with Gasteiger partial charge in [0, 0.05) is 0 Å². The van der Waals surface area contributed by atoms with Crippen LogP contribution in [0.1, 0.15) is 57.6 Å². The summed E-state index contributed by atoms with van der Waals surface area (Å²) in [6.45, 7) is 9.94. The topological polar surface area (TPSA) is 0 Å². The molecule has 0 nitrogen and oxygen atoms in total. The number of hydrogen-bond donors (Lipinski definition) is 0. The maximum absolute atomic E-state index is 2.60. The predicted octanol–water partition coefficient (Wildman–Crippen LogP) is 5.38. The fourth-order valence-electron chi connectivity index (χ4n) is 8.05. The Morgan fingerprint density at radius 1 is 0.630 bits per heavy atom. The molecule has 2 unspecified atom stereocenters. The van der Waals surface area contributed by atoms with Crippen LogP contribution in [0.2, 0.25) is 13.1 Å². The Bertz CT molecular complexity index is 2060. The SMILES string of the molecule is CC(C)CC1=Cc2c(-c3c4ccccc4cc4ccccc34)cccc2C1c1cccc2c1[CH]([Zr+2][SiH](C)C)c1ccccc1-2.[Cl-].[Cl-]. The number of allylic oxidation sites excluding steroid dienone is 1. The Morgan fingerprint density at radius 3 is 1.87 bits per heavy atom. The summed E-state index contributed by atoms with van der Waals surface area (Å²) in [5, 5.41) is 5.30. The Hall–Kier alpha value is -2.74. The molecule has 0 saturated heterocycles. The molecule has 2 aliphatic carbocycles. The van der Waals surface area contributed by atoms with E-state index in [1.807, 2.05) is 0 Å². The third-order valence-electron chi connectivity index (χ3n) is 9.64. The van der Waals surface area contributed by atoms with Crippen molar-refractivity contribution in [1.82, 2.24) is 0 Å². The first-order valence-corrected chi connectivity index (χ1v) is 24.8. The molecule has 2 aliphatic rings. The van der Waals surface area contributed by atoms with E-state index in [4.69, 9.17) is 0 Å². The summed E-state index contributed by atoms with van der Waals surface area (Å²) in [5.74, 6) is 0.270. The summed E-state index contributed by atoms with van der Waals surface area (Å²) >= 11 is -0.581. The van der Waals surface area contributed by atoms with Gasteiger partial charge in [0.05, 0.1) is 0 Å². The van der Waals surface area contributed by atoms with Gasteiger partial charge >= 0.3 is 276 Å². The van der Waals surface area contributed by atoms with Crippen molar-refractivity contribution < 1.29 is 47.2 Å². The number of fused-ring (bicyclic) bond motifs is 6. The summed E-state index contributed by atoms with van der Waals surface area (Å²) in [5.41, 5.74) is 15.1. The quantitative estimate of drug-likeness (QED) is 0.160. The van der Waals surface area contributed by atoms with Crippen molar-refractivity contribution in [3.8, 4) is 22.3 Å². The molecule has 0 aliphatic heterocycles. The second-order valence-electron chi connectivity index (χ2n) is 13.4.